The summed E-state index contributed by atoms with van der Waals surface area (Å²) in [5.74, 6) is 0. The third kappa shape index (κ3) is 2.58. The molecule has 0 radical (unpaired) electrons. The third-order valence-corrected chi connectivity index (χ3v) is 2.33. The third-order valence-electron chi connectivity index (χ3n) is 1.87. The summed E-state index contributed by atoms with van der Waals surface area (Å²) < 4.78 is 4.56. The average molecular weight is 179 g/mol. The van der Waals surface area contributed by atoms with Gasteiger partial charge in [-0.1, -0.05) is 18.0 Å². The van der Waals surface area contributed by atoms with Gasteiger partial charge in [0.25, 0.3) is 0 Å². The maximum Gasteiger partial charge on any atom is 0.507 e. The zero-order valence-electron chi connectivity index (χ0n) is 6.18. The van der Waals surface area contributed by atoms with Crippen molar-refractivity contribution < 1.29 is 14.6 Å². The highest BCUT2D eigenvalue weighted by Gasteiger charge is 2.33. The van der Waals surface area contributed by atoms with Gasteiger partial charge in [-0.2, -0.15) is 0 Å². The van der Waals surface area contributed by atoms with Gasteiger partial charge in [-0.3, -0.25) is 0 Å². The van der Waals surface area contributed by atoms with Gasteiger partial charge in [-0.25, -0.2) is 4.79 Å². The molecule has 3 nitrogen and oxygen atoms in total. The number of carbonyl (C=O) groups is 1. The first-order valence-electron chi connectivity index (χ1n) is 3.73. The number of alkyl halides is 1. The number of hydrogen-bond acceptors (Lipinski definition) is 2. The van der Waals surface area contributed by atoms with Crippen LogP contribution in [0.2, 0.25) is 0 Å². The Bertz CT molecular complexity index is 152. The second kappa shape index (κ2) is 3.30. The molecule has 1 aliphatic rings. The van der Waals surface area contributed by atoms with Gasteiger partial charge < -0.3 is 9.84 Å². The van der Waals surface area contributed by atoms with Crippen molar-refractivity contribution in [3.63, 3.8) is 0 Å². The molecule has 0 aromatic carbocycles. The fourth-order valence-electron chi connectivity index (χ4n) is 1.34. The van der Waals surface area contributed by atoms with Crippen molar-refractivity contribution in [1.29, 1.82) is 0 Å². The minimum Gasteiger partial charge on any atom is -0.450 e. The van der Waals surface area contributed by atoms with Crippen molar-refractivity contribution in [2.24, 2.45) is 0 Å². The van der Waals surface area contributed by atoms with Crippen molar-refractivity contribution in [1.82, 2.24) is 0 Å². The molecule has 0 amide bonds. The largest absolute Gasteiger partial charge is 0.507 e. The minimum absolute atomic E-state index is 0.640. The van der Waals surface area contributed by atoms with Crippen LogP contribution in [0.3, 0.4) is 0 Å². The zero-order valence-corrected chi connectivity index (χ0v) is 6.93. The summed E-state index contributed by atoms with van der Waals surface area (Å²) in [5, 5.41) is 7.40. The molecule has 1 saturated carbocycles. The number of halogens is 1. The van der Waals surface area contributed by atoms with E-state index in [1.54, 1.807) is 0 Å². The van der Waals surface area contributed by atoms with E-state index in [2.05, 4.69) is 4.74 Å². The number of ether oxygens (including phenoxy) is 1. The Morgan fingerprint density at radius 3 is 2.36 bits per heavy atom. The van der Waals surface area contributed by atoms with Crippen molar-refractivity contribution in [2.45, 2.75) is 37.2 Å². The Kier molecular flexibility index (Phi) is 2.60. The Labute approximate surface area is 70.3 Å². The summed E-state index contributed by atoms with van der Waals surface area (Å²) in [6.07, 6.45) is 3.04. The van der Waals surface area contributed by atoms with Gasteiger partial charge in [-0.05, 0) is 12.8 Å². The van der Waals surface area contributed by atoms with Crippen molar-refractivity contribution in [3.05, 3.63) is 0 Å². The van der Waals surface area contributed by atoms with Crippen LogP contribution in [-0.4, -0.2) is 16.3 Å². The molecular weight excluding hydrogens is 168 g/mol. The molecule has 0 aliphatic heterocycles. The SMILES string of the molecule is O=C(O)OC1(Cl)CCCCC1. The lowest BCUT2D eigenvalue weighted by Crippen LogP contribution is -2.30. The van der Waals surface area contributed by atoms with Crippen LogP contribution < -0.4 is 0 Å². The molecule has 11 heavy (non-hydrogen) atoms. The van der Waals surface area contributed by atoms with Gasteiger partial charge in [0.05, 0.1) is 0 Å². The predicted octanol–water partition coefficient (Wildman–Crippen LogP) is 2.58. The van der Waals surface area contributed by atoms with E-state index in [4.69, 9.17) is 16.7 Å². The minimum atomic E-state index is -1.28. The molecule has 4 heteroatoms. The Balaban J connectivity index is 2.43. The van der Waals surface area contributed by atoms with E-state index in [1.165, 1.54) is 0 Å². The highest BCUT2D eigenvalue weighted by molar-refractivity contribution is 6.23. The quantitative estimate of drug-likeness (QED) is 0.496. The van der Waals surface area contributed by atoms with Gasteiger partial charge in [-0.15, -0.1) is 0 Å². The number of rotatable bonds is 1. The zero-order chi connectivity index (χ0) is 8.32. The van der Waals surface area contributed by atoms with Crippen LogP contribution in [0.25, 0.3) is 0 Å². The highest BCUT2D eigenvalue weighted by Crippen LogP contribution is 2.34. The molecule has 0 aromatic rings. The maximum atomic E-state index is 10.2. The number of carboxylic acid groups (broad SMARTS) is 1. The molecule has 0 unspecified atom stereocenters. The molecule has 1 aliphatic carbocycles. The van der Waals surface area contributed by atoms with Crippen LogP contribution in [0.5, 0.6) is 0 Å². The molecule has 0 saturated heterocycles. The molecule has 0 spiro atoms. The molecule has 0 bridgehead atoms. The van der Waals surface area contributed by atoms with Gasteiger partial charge >= 0.3 is 6.16 Å². The van der Waals surface area contributed by atoms with E-state index >= 15 is 0 Å². The van der Waals surface area contributed by atoms with Crippen LogP contribution in [0.4, 0.5) is 4.79 Å². The fourth-order valence-corrected chi connectivity index (χ4v) is 1.67. The second-order valence-corrected chi connectivity index (χ2v) is 3.50. The first-order chi connectivity index (χ1) is 5.12. The first-order valence-corrected chi connectivity index (χ1v) is 4.11. The van der Waals surface area contributed by atoms with E-state index < -0.39 is 11.2 Å². The highest BCUT2D eigenvalue weighted by atomic mass is 35.5. The van der Waals surface area contributed by atoms with Crippen LogP contribution in [0.15, 0.2) is 0 Å². The van der Waals surface area contributed by atoms with E-state index in [0.717, 1.165) is 19.3 Å². The molecule has 0 atom stereocenters. The second-order valence-electron chi connectivity index (χ2n) is 2.81. The lowest BCUT2D eigenvalue weighted by Gasteiger charge is -2.28. The molecule has 1 N–H and O–H groups in total. The summed E-state index contributed by atoms with van der Waals surface area (Å²) in [4.78, 5) is 10.2. The van der Waals surface area contributed by atoms with E-state index in [0.29, 0.717) is 12.8 Å². The van der Waals surface area contributed by atoms with Crippen LogP contribution in [-0.2, 0) is 4.74 Å². The van der Waals surface area contributed by atoms with Gasteiger partial charge in [0.1, 0.15) is 0 Å². The van der Waals surface area contributed by atoms with Crippen LogP contribution >= 0.6 is 11.6 Å². The average Bonchev–Trinajstić information content (AvgIpc) is 1.85. The van der Waals surface area contributed by atoms with Crippen molar-refractivity contribution in [2.75, 3.05) is 0 Å². The first kappa shape index (κ1) is 8.65. The van der Waals surface area contributed by atoms with Crippen LogP contribution in [0.1, 0.15) is 32.1 Å². The van der Waals surface area contributed by atoms with Crippen molar-refractivity contribution >= 4 is 17.8 Å². The Morgan fingerprint density at radius 1 is 1.36 bits per heavy atom. The van der Waals surface area contributed by atoms with Crippen molar-refractivity contribution in [3.8, 4) is 0 Å². The topological polar surface area (TPSA) is 46.5 Å². The molecule has 1 rings (SSSR count). The Morgan fingerprint density at radius 2 is 1.91 bits per heavy atom. The molecule has 0 heterocycles. The predicted molar refractivity (Wildman–Crippen MR) is 40.8 cm³/mol. The maximum absolute atomic E-state index is 10.2. The van der Waals surface area contributed by atoms with E-state index in [-0.39, 0.29) is 0 Å². The molecule has 64 valence electrons. The van der Waals surface area contributed by atoms with Crippen LogP contribution in [0, 0.1) is 0 Å². The lowest BCUT2D eigenvalue weighted by molar-refractivity contribution is 0.0115. The standard InChI is InChI=1S/C7H11ClO3/c8-7(11-6(9)10)4-2-1-3-5-7/h1-5H2,(H,9,10). The number of hydrogen-bond donors (Lipinski definition) is 1. The van der Waals surface area contributed by atoms with Gasteiger partial charge in [0.2, 0.25) is 0 Å². The summed E-state index contributed by atoms with van der Waals surface area (Å²) >= 11 is 5.87. The Hall–Kier alpha value is -0.440. The lowest BCUT2D eigenvalue weighted by atomic mass is 9.97. The fraction of sp³-hybridized carbons (Fsp3) is 0.857. The smallest absolute Gasteiger partial charge is 0.450 e. The molecule has 0 aromatic heterocycles. The monoisotopic (exact) mass is 178 g/mol. The van der Waals surface area contributed by atoms with E-state index in [9.17, 15) is 4.79 Å². The summed E-state index contributed by atoms with van der Waals surface area (Å²) in [6.45, 7) is 0. The normalized spacial score (nSPS) is 22.6. The summed E-state index contributed by atoms with van der Waals surface area (Å²) in [5.41, 5.74) is 0. The van der Waals surface area contributed by atoms with Gasteiger partial charge in [0.15, 0.2) is 5.06 Å². The molecule has 1 fully saturated rings. The van der Waals surface area contributed by atoms with Gasteiger partial charge in [0, 0.05) is 12.8 Å². The molecular formula is C7H11ClO3. The summed E-state index contributed by atoms with van der Waals surface area (Å²) in [6, 6.07) is 0. The van der Waals surface area contributed by atoms with E-state index in [1.807, 2.05) is 0 Å². The summed E-state index contributed by atoms with van der Waals surface area (Å²) in [7, 11) is 0.